The fourth-order valence-corrected chi connectivity index (χ4v) is 7.29. The van der Waals surface area contributed by atoms with Crippen LogP contribution in [0.3, 0.4) is 0 Å². The molecule has 7 N–H and O–H groups in total. The fraction of sp³-hybridized carbons (Fsp3) is 0.463. The van der Waals surface area contributed by atoms with E-state index < -0.39 is 32.0 Å². The number of methoxy groups -OCH3 is 1. The molecule has 0 bridgehead atoms. The Morgan fingerprint density at radius 1 is 0.759 bits per heavy atom. The van der Waals surface area contributed by atoms with Gasteiger partial charge in [-0.25, -0.2) is 36.7 Å². The van der Waals surface area contributed by atoms with Crippen molar-refractivity contribution in [2.75, 3.05) is 43.1 Å². The number of benzene rings is 2. The van der Waals surface area contributed by atoms with E-state index in [-0.39, 0.29) is 26.7 Å². The molecule has 0 aliphatic carbocycles. The minimum atomic E-state index is -4.11. The van der Waals surface area contributed by atoms with E-state index in [0.717, 1.165) is 76.6 Å². The monoisotopic (exact) mass is 867 g/mol. The molecule has 3 aromatic rings. The van der Waals surface area contributed by atoms with Gasteiger partial charge < -0.3 is 30.1 Å². The van der Waals surface area contributed by atoms with Crippen LogP contribution in [0.15, 0.2) is 82.0 Å². The summed E-state index contributed by atoms with van der Waals surface area (Å²) in [7, 11) is -6.74. The smallest absolute Gasteiger partial charge is 0.335 e. The third-order valence-corrected chi connectivity index (χ3v) is 10.9. The third-order valence-electron chi connectivity index (χ3n) is 8.29. The Bertz CT molecular complexity index is 1890. The van der Waals surface area contributed by atoms with Gasteiger partial charge in [0.25, 0.3) is 0 Å². The molecular weight excluding hydrogens is 803 g/mol. The second-order valence-electron chi connectivity index (χ2n) is 12.9. The number of carboxylic acids is 2. The number of nitrogens with zero attached hydrogens (tertiary/aromatic N) is 2. The number of thiophene rings is 1. The Kier molecular flexibility index (Phi) is 26.7. The van der Waals surface area contributed by atoms with Crippen LogP contribution in [-0.4, -0.2) is 72.3 Å². The van der Waals surface area contributed by atoms with E-state index in [9.17, 15) is 36.6 Å². The second kappa shape index (κ2) is 28.9. The maximum Gasteiger partial charge on any atom is 0.335 e. The number of primary sulfonamides is 2. The number of hydrogen-bond acceptors (Lipinski definition) is 11. The maximum absolute atomic E-state index is 11.9. The minimum Gasteiger partial charge on any atom is -0.493 e. The molecule has 0 atom stereocenters. The van der Waals surface area contributed by atoms with E-state index in [1.807, 2.05) is 47.0 Å². The van der Waals surface area contributed by atoms with Crippen molar-refractivity contribution in [3.05, 3.63) is 88.9 Å². The normalized spacial score (nSPS) is 10.8. The summed E-state index contributed by atoms with van der Waals surface area (Å²) in [5, 5.41) is 35.9. The Labute approximate surface area is 350 Å². The first-order chi connectivity index (χ1) is 27.4. The largest absolute Gasteiger partial charge is 0.493 e. The number of anilines is 2. The van der Waals surface area contributed by atoms with Crippen LogP contribution in [-0.2, 0) is 20.0 Å². The highest BCUT2D eigenvalue weighted by atomic mass is 32.2. The van der Waals surface area contributed by atoms with Gasteiger partial charge in [0.05, 0.1) is 28.8 Å². The zero-order chi connectivity index (χ0) is 44.3. The van der Waals surface area contributed by atoms with Crippen molar-refractivity contribution in [3.63, 3.8) is 0 Å². The lowest BCUT2D eigenvalue weighted by Gasteiger charge is -2.27. The molecule has 0 radical (unpaired) electrons. The average molecular weight is 868 g/mol. The molecule has 58 heavy (non-hydrogen) atoms. The molecule has 0 saturated carbocycles. The molecule has 0 unspecified atom stereocenters. The van der Waals surface area contributed by atoms with Crippen LogP contribution in [0.5, 0.6) is 5.75 Å². The summed E-state index contributed by atoms with van der Waals surface area (Å²) in [4.78, 5) is 26.3. The van der Waals surface area contributed by atoms with Crippen LogP contribution in [0.25, 0.3) is 0 Å². The Morgan fingerprint density at radius 2 is 1.16 bits per heavy atom. The summed E-state index contributed by atoms with van der Waals surface area (Å²) in [5.74, 6) is -2.29. The SMILES string of the molecule is C=CN/C=C\C.CCCCN(CCCC)c1cc(C(=O)O)cc(S(N)(=O)=O)c1C.CCCCN(CCCC)c1cc(C(=O)O)cc(S(N)(=O)=O)c1OC.c1ccsc1. The van der Waals surface area contributed by atoms with E-state index in [4.69, 9.17) is 15.0 Å². The molecule has 14 nitrogen and oxygen atoms in total. The minimum absolute atomic E-state index is 0.0624. The predicted octanol–water partition coefficient (Wildman–Crippen LogP) is 8.20. The molecule has 0 saturated heterocycles. The van der Waals surface area contributed by atoms with Gasteiger partial charge in [-0.1, -0.05) is 78.2 Å². The number of unbranched alkanes of at least 4 members (excludes halogenated alkanes) is 4. The van der Waals surface area contributed by atoms with E-state index in [2.05, 4.69) is 44.5 Å². The predicted molar refractivity (Wildman–Crippen MR) is 237 cm³/mol. The molecule has 0 amide bonds. The van der Waals surface area contributed by atoms with Gasteiger partial charge in [-0.15, -0.1) is 0 Å². The highest BCUT2D eigenvalue weighted by Gasteiger charge is 2.25. The standard InChI is InChI=1S/C16H26N2O5S.C16H26N2O4S.C5H9N.C4H4S/c1-4-6-8-18(9-7-5-2)13-10-12(16(19)20)11-14(15(13)23-3)24(17,21)22;1-4-6-8-18(9-7-5-2)14-10-13(16(19)20)11-15(12(14)3)23(17,21)22;1-3-5-6-4-2;1-2-4-5-3-1/h10-11H,4-9H2,1-3H3,(H,19,20)(H2,17,21,22);10-11H,4-9H2,1-3H3,(H,19,20)(H2,17,21,22);3-6H,2H2,1H3;1-4H/b;;5-3-;. The van der Waals surface area contributed by atoms with Crippen molar-refractivity contribution < 1.29 is 41.4 Å². The summed E-state index contributed by atoms with van der Waals surface area (Å²) in [6.45, 7) is 18.2. The molecule has 1 aromatic heterocycles. The fourth-order valence-electron chi connectivity index (χ4n) is 5.28. The van der Waals surface area contributed by atoms with Crippen LogP contribution in [0, 0.1) is 6.92 Å². The first kappa shape index (κ1) is 53.6. The number of rotatable bonds is 21. The topological polar surface area (TPSA) is 223 Å². The summed E-state index contributed by atoms with van der Waals surface area (Å²) in [6, 6.07) is 9.19. The second-order valence-corrected chi connectivity index (χ2v) is 16.8. The molecule has 0 spiro atoms. The zero-order valence-corrected chi connectivity index (χ0v) is 37.5. The van der Waals surface area contributed by atoms with Crippen LogP contribution >= 0.6 is 11.3 Å². The Morgan fingerprint density at radius 3 is 1.45 bits per heavy atom. The number of allylic oxidation sites excluding steroid dienone is 1. The summed E-state index contributed by atoms with van der Waals surface area (Å²) in [6.07, 6.45) is 13.0. The van der Waals surface area contributed by atoms with Crippen molar-refractivity contribution in [1.82, 2.24) is 5.32 Å². The van der Waals surface area contributed by atoms with Crippen molar-refractivity contribution in [1.29, 1.82) is 0 Å². The van der Waals surface area contributed by atoms with E-state index >= 15 is 0 Å². The first-order valence-corrected chi connectivity index (χ1v) is 23.3. The lowest BCUT2D eigenvalue weighted by molar-refractivity contribution is 0.0685. The Balaban J connectivity index is 0.000000886. The molecule has 17 heteroatoms. The summed E-state index contributed by atoms with van der Waals surface area (Å²) in [5.41, 5.74) is 1.39. The van der Waals surface area contributed by atoms with E-state index in [1.165, 1.54) is 19.2 Å². The Hall–Kier alpha value is -4.42. The number of nitrogens with two attached hydrogens (primary N) is 2. The van der Waals surface area contributed by atoms with Gasteiger partial charge in [0.15, 0.2) is 5.75 Å². The van der Waals surface area contributed by atoms with Crippen molar-refractivity contribution in [3.8, 4) is 5.75 Å². The van der Waals surface area contributed by atoms with Crippen LogP contribution < -0.4 is 30.1 Å². The maximum atomic E-state index is 11.9. The molecule has 1 heterocycles. The van der Waals surface area contributed by atoms with E-state index in [1.54, 1.807) is 24.5 Å². The zero-order valence-electron chi connectivity index (χ0n) is 35.1. The van der Waals surface area contributed by atoms with Crippen LogP contribution in [0.4, 0.5) is 11.4 Å². The lowest BCUT2D eigenvalue weighted by atomic mass is 10.1. The van der Waals surface area contributed by atoms with Gasteiger partial charge in [0.2, 0.25) is 20.0 Å². The van der Waals surface area contributed by atoms with Crippen LogP contribution in [0.1, 0.15) is 112 Å². The van der Waals surface area contributed by atoms with Crippen molar-refractivity contribution >= 4 is 54.7 Å². The van der Waals surface area contributed by atoms with Gasteiger partial charge in [-0.2, -0.15) is 11.3 Å². The van der Waals surface area contributed by atoms with Crippen molar-refractivity contribution in [2.45, 2.75) is 103 Å². The molecular formula is C41H65N5O9S3. The van der Waals surface area contributed by atoms with Gasteiger partial charge in [0, 0.05) is 31.9 Å². The number of ether oxygens (including phenoxy) is 1. The molecule has 2 aromatic carbocycles. The lowest BCUT2D eigenvalue weighted by Crippen LogP contribution is -2.28. The van der Waals surface area contributed by atoms with Gasteiger partial charge >= 0.3 is 11.9 Å². The van der Waals surface area contributed by atoms with Gasteiger partial charge in [-0.05, 0) is 92.5 Å². The van der Waals surface area contributed by atoms with Crippen LogP contribution in [0.2, 0.25) is 0 Å². The number of sulfonamides is 2. The number of nitrogens with one attached hydrogen (secondary N) is 1. The van der Waals surface area contributed by atoms with Crippen molar-refractivity contribution in [2.24, 2.45) is 10.3 Å². The number of carboxylic acid groups (broad SMARTS) is 2. The number of aromatic carboxylic acids is 2. The quantitative estimate of drug-likeness (QED) is 0.0684. The highest BCUT2D eigenvalue weighted by Crippen LogP contribution is 2.36. The average Bonchev–Trinajstić information content (AvgIpc) is 3.77. The summed E-state index contributed by atoms with van der Waals surface area (Å²) >= 11 is 1.71. The van der Waals surface area contributed by atoms with E-state index in [0.29, 0.717) is 30.0 Å². The highest BCUT2D eigenvalue weighted by molar-refractivity contribution is 7.89. The molecule has 326 valence electrons. The molecule has 0 aliphatic heterocycles. The number of carbonyl (C=O) groups is 2. The third kappa shape index (κ3) is 19.8. The summed E-state index contributed by atoms with van der Waals surface area (Å²) < 4.78 is 52.6. The van der Waals surface area contributed by atoms with Gasteiger partial charge in [-0.3, -0.25) is 0 Å². The number of hydrogen-bond donors (Lipinski definition) is 5. The first-order valence-electron chi connectivity index (χ1n) is 19.2. The van der Waals surface area contributed by atoms with Gasteiger partial charge in [0.1, 0.15) is 4.90 Å². The molecule has 0 fully saturated rings. The molecule has 0 aliphatic rings. The molecule has 3 rings (SSSR count).